The first-order valence-electron chi connectivity index (χ1n) is 5.28. The number of terminal acetylenes is 1. The zero-order chi connectivity index (χ0) is 11.5. The van der Waals surface area contributed by atoms with Crippen molar-refractivity contribution in [2.24, 2.45) is 0 Å². The highest BCUT2D eigenvalue weighted by Gasteiger charge is 2.06. The van der Waals surface area contributed by atoms with Gasteiger partial charge in [-0.3, -0.25) is 0 Å². The molecular formula is C12H14N4. The van der Waals surface area contributed by atoms with Gasteiger partial charge in [-0.25, -0.2) is 4.52 Å². The standard InChI is InChI=1S/C12H14N4/c1-4-10(5-2)13-12-14-11-7-6-9(3)8-16(11)15-12/h1,6-8,10H,5H2,2-3H3,(H,13,15). The van der Waals surface area contributed by atoms with Gasteiger partial charge in [0.2, 0.25) is 5.95 Å². The highest BCUT2D eigenvalue weighted by atomic mass is 15.3. The van der Waals surface area contributed by atoms with Crippen molar-refractivity contribution in [3.63, 3.8) is 0 Å². The average molecular weight is 214 g/mol. The molecule has 82 valence electrons. The molecule has 0 aliphatic rings. The molecule has 4 nitrogen and oxygen atoms in total. The molecule has 1 N–H and O–H groups in total. The number of aryl methyl sites for hydroxylation is 1. The summed E-state index contributed by atoms with van der Waals surface area (Å²) in [4.78, 5) is 4.33. The summed E-state index contributed by atoms with van der Waals surface area (Å²) in [5.74, 6) is 3.23. The molecule has 4 heteroatoms. The Kier molecular flexibility index (Phi) is 2.78. The van der Waals surface area contributed by atoms with Crippen molar-refractivity contribution in [3.8, 4) is 12.3 Å². The molecule has 2 rings (SSSR count). The maximum Gasteiger partial charge on any atom is 0.244 e. The fraction of sp³-hybridized carbons (Fsp3) is 0.333. The third-order valence-corrected chi connectivity index (χ3v) is 2.39. The number of anilines is 1. The van der Waals surface area contributed by atoms with E-state index in [1.165, 1.54) is 0 Å². The molecule has 0 saturated carbocycles. The molecule has 0 aliphatic carbocycles. The van der Waals surface area contributed by atoms with Gasteiger partial charge in [-0.2, -0.15) is 4.98 Å². The second kappa shape index (κ2) is 4.23. The van der Waals surface area contributed by atoms with Crippen molar-refractivity contribution in [3.05, 3.63) is 23.9 Å². The minimum absolute atomic E-state index is 0.0153. The smallest absolute Gasteiger partial charge is 0.244 e. The van der Waals surface area contributed by atoms with Crippen LogP contribution in [-0.2, 0) is 0 Å². The zero-order valence-electron chi connectivity index (χ0n) is 9.44. The second-order valence-electron chi connectivity index (χ2n) is 3.72. The topological polar surface area (TPSA) is 42.2 Å². The van der Waals surface area contributed by atoms with E-state index in [2.05, 4.69) is 21.3 Å². The summed E-state index contributed by atoms with van der Waals surface area (Å²) in [6.07, 6.45) is 8.16. The normalized spacial score (nSPS) is 12.3. The predicted octanol–water partition coefficient (Wildman–Crippen LogP) is 1.86. The van der Waals surface area contributed by atoms with E-state index in [-0.39, 0.29) is 6.04 Å². The summed E-state index contributed by atoms with van der Waals surface area (Å²) in [6.45, 7) is 4.04. The third kappa shape index (κ3) is 1.98. The van der Waals surface area contributed by atoms with E-state index in [4.69, 9.17) is 6.42 Å². The van der Waals surface area contributed by atoms with Crippen molar-refractivity contribution in [1.82, 2.24) is 14.6 Å². The van der Waals surface area contributed by atoms with Gasteiger partial charge in [-0.1, -0.05) is 18.9 Å². The summed E-state index contributed by atoms with van der Waals surface area (Å²) < 4.78 is 1.75. The van der Waals surface area contributed by atoms with Crippen LogP contribution in [0.5, 0.6) is 0 Å². The van der Waals surface area contributed by atoms with Crippen molar-refractivity contribution >= 4 is 11.6 Å². The Morgan fingerprint density at radius 3 is 3.06 bits per heavy atom. The van der Waals surface area contributed by atoms with Crippen LogP contribution < -0.4 is 5.32 Å². The summed E-state index contributed by atoms with van der Waals surface area (Å²) in [7, 11) is 0. The zero-order valence-corrected chi connectivity index (χ0v) is 9.44. The van der Waals surface area contributed by atoms with E-state index >= 15 is 0 Å². The molecule has 1 unspecified atom stereocenters. The molecule has 2 heterocycles. The first kappa shape index (κ1) is 10.5. The van der Waals surface area contributed by atoms with Crippen LogP contribution in [0, 0.1) is 19.3 Å². The summed E-state index contributed by atoms with van der Waals surface area (Å²) in [5, 5.41) is 7.42. The average Bonchev–Trinajstić information content (AvgIpc) is 2.67. The number of hydrogen-bond donors (Lipinski definition) is 1. The fourth-order valence-electron chi connectivity index (χ4n) is 1.46. The van der Waals surface area contributed by atoms with E-state index in [0.717, 1.165) is 17.6 Å². The lowest BCUT2D eigenvalue weighted by atomic mass is 10.2. The van der Waals surface area contributed by atoms with Gasteiger partial charge in [0.1, 0.15) is 0 Å². The van der Waals surface area contributed by atoms with Crippen LogP contribution in [0.3, 0.4) is 0 Å². The lowest BCUT2D eigenvalue weighted by Gasteiger charge is -2.06. The van der Waals surface area contributed by atoms with Crippen LogP contribution in [-0.4, -0.2) is 20.6 Å². The molecule has 0 amide bonds. The van der Waals surface area contributed by atoms with Crippen LogP contribution in [0.1, 0.15) is 18.9 Å². The molecule has 0 fully saturated rings. The number of aromatic nitrogens is 3. The van der Waals surface area contributed by atoms with Gasteiger partial charge in [-0.15, -0.1) is 11.5 Å². The summed E-state index contributed by atoms with van der Waals surface area (Å²) in [6, 6.07) is 3.93. The van der Waals surface area contributed by atoms with E-state index in [1.807, 2.05) is 32.2 Å². The van der Waals surface area contributed by atoms with Gasteiger partial charge in [0, 0.05) is 6.20 Å². The Hall–Kier alpha value is -2.02. The number of nitrogens with one attached hydrogen (secondary N) is 1. The van der Waals surface area contributed by atoms with E-state index in [9.17, 15) is 0 Å². The second-order valence-corrected chi connectivity index (χ2v) is 3.72. The first-order chi connectivity index (χ1) is 7.72. The molecule has 0 spiro atoms. The highest BCUT2D eigenvalue weighted by Crippen LogP contribution is 2.08. The van der Waals surface area contributed by atoms with Crippen molar-refractivity contribution < 1.29 is 0 Å². The summed E-state index contributed by atoms with van der Waals surface area (Å²) >= 11 is 0. The van der Waals surface area contributed by atoms with Crippen LogP contribution in [0.4, 0.5) is 5.95 Å². The molecule has 0 aromatic carbocycles. The third-order valence-electron chi connectivity index (χ3n) is 2.39. The Balaban J connectivity index is 2.30. The number of fused-ring (bicyclic) bond motifs is 1. The van der Waals surface area contributed by atoms with Crippen molar-refractivity contribution in [2.75, 3.05) is 5.32 Å². The molecule has 2 aromatic heterocycles. The van der Waals surface area contributed by atoms with E-state index in [1.54, 1.807) is 4.52 Å². The van der Waals surface area contributed by atoms with Crippen LogP contribution >= 0.6 is 0 Å². The van der Waals surface area contributed by atoms with E-state index in [0.29, 0.717) is 5.95 Å². The molecule has 2 aromatic rings. The Bertz CT molecular complexity index is 535. The fourth-order valence-corrected chi connectivity index (χ4v) is 1.46. The molecule has 0 saturated heterocycles. The SMILES string of the molecule is C#CC(CC)Nc1nc2ccc(C)cn2n1. The highest BCUT2D eigenvalue weighted by molar-refractivity contribution is 5.45. The van der Waals surface area contributed by atoms with Crippen molar-refractivity contribution in [1.29, 1.82) is 0 Å². The van der Waals surface area contributed by atoms with E-state index < -0.39 is 0 Å². The lowest BCUT2D eigenvalue weighted by molar-refractivity contribution is 0.836. The largest absolute Gasteiger partial charge is 0.339 e. The monoisotopic (exact) mass is 214 g/mol. The molecule has 0 bridgehead atoms. The van der Waals surface area contributed by atoms with Crippen LogP contribution in [0.15, 0.2) is 18.3 Å². The Morgan fingerprint density at radius 1 is 1.56 bits per heavy atom. The van der Waals surface area contributed by atoms with Crippen LogP contribution in [0.2, 0.25) is 0 Å². The first-order valence-corrected chi connectivity index (χ1v) is 5.28. The number of hydrogen-bond acceptors (Lipinski definition) is 3. The number of pyridine rings is 1. The predicted molar refractivity (Wildman–Crippen MR) is 64.3 cm³/mol. The molecule has 0 radical (unpaired) electrons. The summed E-state index contributed by atoms with van der Waals surface area (Å²) in [5.41, 5.74) is 1.97. The van der Waals surface area contributed by atoms with Crippen molar-refractivity contribution in [2.45, 2.75) is 26.3 Å². The van der Waals surface area contributed by atoms with Gasteiger partial charge in [-0.05, 0) is 25.0 Å². The lowest BCUT2D eigenvalue weighted by Crippen LogP contribution is -2.16. The maximum absolute atomic E-state index is 5.37. The van der Waals surface area contributed by atoms with Gasteiger partial charge >= 0.3 is 0 Å². The number of nitrogens with zero attached hydrogens (tertiary/aromatic N) is 3. The quantitative estimate of drug-likeness (QED) is 0.793. The van der Waals surface area contributed by atoms with Gasteiger partial charge in [0.15, 0.2) is 5.65 Å². The Morgan fingerprint density at radius 2 is 2.38 bits per heavy atom. The maximum atomic E-state index is 5.37. The molecule has 1 atom stereocenters. The minimum atomic E-state index is -0.0153. The molecular weight excluding hydrogens is 200 g/mol. The van der Waals surface area contributed by atoms with Gasteiger partial charge in [0.25, 0.3) is 0 Å². The van der Waals surface area contributed by atoms with Crippen LogP contribution in [0.25, 0.3) is 5.65 Å². The van der Waals surface area contributed by atoms with Gasteiger partial charge in [0.05, 0.1) is 6.04 Å². The molecule has 0 aliphatic heterocycles. The molecule has 16 heavy (non-hydrogen) atoms. The minimum Gasteiger partial charge on any atom is -0.339 e. The Labute approximate surface area is 94.7 Å². The van der Waals surface area contributed by atoms with Gasteiger partial charge < -0.3 is 5.32 Å². The number of rotatable bonds is 3.